The van der Waals surface area contributed by atoms with Crippen LogP contribution in [0.4, 0.5) is 0 Å². The lowest BCUT2D eigenvalue weighted by Gasteiger charge is -2.31. The molecule has 0 heterocycles. The van der Waals surface area contributed by atoms with Gasteiger partial charge in [0.05, 0.1) is 31.7 Å². The second kappa shape index (κ2) is 10.9. The van der Waals surface area contributed by atoms with E-state index in [4.69, 9.17) is 4.74 Å². The molecule has 3 rings (SSSR count). The molecule has 1 atom stereocenters. The highest BCUT2D eigenvalue weighted by Crippen LogP contribution is 2.34. The van der Waals surface area contributed by atoms with Gasteiger partial charge in [-0.15, -0.1) is 0 Å². The van der Waals surface area contributed by atoms with Gasteiger partial charge in [0.1, 0.15) is 0 Å². The highest BCUT2D eigenvalue weighted by Gasteiger charge is 2.33. The van der Waals surface area contributed by atoms with Gasteiger partial charge in [0.25, 0.3) is 0 Å². The Kier molecular flexibility index (Phi) is 8.39. The SMILES string of the molecule is COC(=O)c1cccc(C(NS(=O)(=O)c2c(C)cc(C)cc2C)/C(=C/c2ccccc2)[Si](C)(C)C)c1. The van der Waals surface area contributed by atoms with E-state index >= 15 is 0 Å². The van der Waals surface area contributed by atoms with Crippen LogP contribution < -0.4 is 4.72 Å². The van der Waals surface area contributed by atoms with Crippen molar-refractivity contribution in [2.75, 3.05) is 7.11 Å². The number of carbonyl (C=O) groups is 1. The van der Waals surface area contributed by atoms with E-state index in [0.29, 0.717) is 22.3 Å². The first-order valence-corrected chi connectivity index (χ1v) is 16.9. The van der Waals surface area contributed by atoms with Crippen LogP contribution in [0.25, 0.3) is 6.08 Å². The van der Waals surface area contributed by atoms with Crippen LogP contribution in [0.1, 0.15) is 44.2 Å². The number of ether oxygens (including phenoxy) is 1. The zero-order chi connectivity index (χ0) is 26.7. The second-order valence-electron chi connectivity index (χ2n) is 10.2. The minimum Gasteiger partial charge on any atom is -0.465 e. The summed E-state index contributed by atoms with van der Waals surface area (Å²) in [6.07, 6.45) is 2.08. The summed E-state index contributed by atoms with van der Waals surface area (Å²) < 4.78 is 35.8. The molecule has 190 valence electrons. The molecule has 0 saturated heterocycles. The Bertz CT molecular complexity index is 1370. The van der Waals surface area contributed by atoms with Crippen molar-refractivity contribution in [1.82, 2.24) is 4.72 Å². The van der Waals surface area contributed by atoms with E-state index in [9.17, 15) is 13.2 Å². The molecule has 0 aromatic heterocycles. The van der Waals surface area contributed by atoms with E-state index in [-0.39, 0.29) is 4.90 Å². The molecule has 0 aliphatic rings. The largest absolute Gasteiger partial charge is 0.465 e. The Hall–Kier alpha value is -3.00. The summed E-state index contributed by atoms with van der Waals surface area (Å²) in [6, 6.07) is 20.0. The van der Waals surface area contributed by atoms with Gasteiger partial charge in [-0.3, -0.25) is 0 Å². The molecular weight excluding hydrogens is 486 g/mol. The number of esters is 1. The molecule has 36 heavy (non-hydrogen) atoms. The molecule has 5 nitrogen and oxygen atoms in total. The van der Waals surface area contributed by atoms with E-state index in [1.165, 1.54) is 7.11 Å². The predicted molar refractivity (Wildman–Crippen MR) is 149 cm³/mol. The molecule has 3 aromatic rings. The monoisotopic (exact) mass is 521 g/mol. The number of methoxy groups -OCH3 is 1. The molecule has 0 spiro atoms. The minimum absolute atomic E-state index is 0.289. The van der Waals surface area contributed by atoms with Crippen molar-refractivity contribution in [2.45, 2.75) is 51.3 Å². The molecule has 0 fully saturated rings. The molecule has 1 unspecified atom stereocenters. The maximum Gasteiger partial charge on any atom is 0.337 e. The van der Waals surface area contributed by atoms with Crippen LogP contribution in [0.5, 0.6) is 0 Å². The molecule has 0 aliphatic carbocycles. The van der Waals surface area contributed by atoms with Gasteiger partial charge in [-0.25, -0.2) is 13.2 Å². The first kappa shape index (κ1) is 27.6. The van der Waals surface area contributed by atoms with Crippen LogP contribution in [0.15, 0.2) is 76.8 Å². The lowest BCUT2D eigenvalue weighted by Crippen LogP contribution is -2.38. The average molecular weight is 522 g/mol. The Morgan fingerprint density at radius 2 is 1.53 bits per heavy atom. The van der Waals surface area contributed by atoms with Crippen LogP contribution in [0, 0.1) is 20.8 Å². The zero-order valence-electron chi connectivity index (χ0n) is 22.0. The van der Waals surface area contributed by atoms with E-state index in [0.717, 1.165) is 16.3 Å². The van der Waals surface area contributed by atoms with Crippen molar-refractivity contribution in [1.29, 1.82) is 0 Å². The van der Waals surface area contributed by atoms with Crippen molar-refractivity contribution in [3.8, 4) is 0 Å². The van der Waals surface area contributed by atoms with Crippen molar-refractivity contribution >= 4 is 30.1 Å². The normalized spacial score (nSPS) is 13.4. The number of sulfonamides is 1. The van der Waals surface area contributed by atoms with Crippen molar-refractivity contribution < 1.29 is 17.9 Å². The highest BCUT2D eigenvalue weighted by molar-refractivity contribution is 7.89. The van der Waals surface area contributed by atoms with Crippen LogP contribution in [0.2, 0.25) is 19.6 Å². The molecule has 0 saturated carbocycles. The summed E-state index contributed by atoms with van der Waals surface area (Å²) in [5.74, 6) is -0.467. The fourth-order valence-corrected chi connectivity index (χ4v) is 8.01. The van der Waals surface area contributed by atoms with Gasteiger partial charge in [0, 0.05) is 0 Å². The van der Waals surface area contributed by atoms with Gasteiger partial charge in [-0.05, 0) is 55.2 Å². The van der Waals surface area contributed by atoms with Crippen molar-refractivity contribution in [3.63, 3.8) is 0 Å². The van der Waals surface area contributed by atoms with Crippen LogP contribution in [0.3, 0.4) is 0 Å². The maximum atomic E-state index is 13.9. The Balaban J connectivity index is 2.25. The zero-order valence-corrected chi connectivity index (χ0v) is 23.9. The predicted octanol–water partition coefficient (Wildman–Crippen LogP) is 6.38. The van der Waals surface area contributed by atoms with Gasteiger partial charge in [0.15, 0.2) is 0 Å². The number of rotatable bonds is 8. The lowest BCUT2D eigenvalue weighted by atomic mass is 10.0. The van der Waals surface area contributed by atoms with E-state index in [1.807, 2.05) is 69.3 Å². The number of hydrogen-bond donors (Lipinski definition) is 1. The molecule has 1 N–H and O–H groups in total. The van der Waals surface area contributed by atoms with Gasteiger partial charge in [0.2, 0.25) is 10.0 Å². The number of hydrogen-bond acceptors (Lipinski definition) is 4. The van der Waals surface area contributed by atoms with E-state index < -0.39 is 30.1 Å². The fraction of sp³-hybridized carbons (Fsp3) is 0.276. The van der Waals surface area contributed by atoms with Crippen molar-refractivity contribution in [2.24, 2.45) is 0 Å². The minimum atomic E-state index is -3.91. The summed E-state index contributed by atoms with van der Waals surface area (Å²) in [7, 11) is -4.66. The summed E-state index contributed by atoms with van der Waals surface area (Å²) >= 11 is 0. The van der Waals surface area contributed by atoms with Gasteiger partial charge in [-0.2, -0.15) is 4.72 Å². The molecule has 0 amide bonds. The smallest absolute Gasteiger partial charge is 0.337 e. The van der Waals surface area contributed by atoms with Gasteiger partial charge < -0.3 is 4.74 Å². The average Bonchev–Trinajstić information content (AvgIpc) is 2.80. The number of benzene rings is 3. The Morgan fingerprint density at radius 3 is 2.08 bits per heavy atom. The number of aryl methyl sites for hydroxylation is 3. The molecule has 7 heteroatoms. The fourth-order valence-electron chi connectivity index (χ4n) is 4.54. The molecular formula is C29H35NO4SSi. The van der Waals surface area contributed by atoms with Gasteiger partial charge >= 0.3 is 5.97 Å². The summed E-state index contributed by atoms with van der Waals surface area (Å²) in [5, 5.41) is 1.00. The third kappa shape index (κ3) is 6.40. The summed E-state index contributed by atoms with van der Waals surface area (Å²) in [5.41, 5.74) is 4.46. The number of carbonyl (C=O) groups excluding carboxylic acids is 1. The Morgan fingerprint density at radius 1 is 0.917 bits per heavy atom. The molecule has 0 radical (unpaired) electrons. The van der Waals surface area contributed by atoms with Crippen LogP contribution >= 0.6 is 0 Å². The van der Waals surface area contributed by atoms with Crippen LogP contribution in [-0.4, -0.2) is 29.6 Å². The maximum absolute atomic E-state index is 13.9. The second-order valence-corrected chi connectivity index (χ2v) is 16.9. The quantitative estimate of drug-likeness (QED) is 0.276. The Labute approximate surface area is 216 Å². The van der Waals surface area contributed by atoms with E-state index in [1.54, 1.807) is 18.2 Å². The first-order chi connectivity index (χ1) is 16.8. The van der Waals surface area contributed by atoms with Crippen molar-refractivity contribution in [3.05, 3.63) is 105 Å². The third-order valence-electron chi connectivity index (χ3n) is 6.09. The standard InChI is InChI=1S/C29H35NO4SSi/c1-20-16-21(2)28(22(3)17-20)35(32,33)30-27(24-14-11-15-25(19-24)29(31)34-4)26(36(5,6)7)18-23-12-9-8-10-13-23/h8-19,27,30H,1-7H3/b26-18-. The molecule has 0 bridgehead atoms. The topological polar surface area (TPSA) is 72.5 Å². The van der Waals surface area contributed by atoms with Gasteiger partial charge in [-0.1, -0.05) is 91.1 Å². The van der Waals surface area contributed by atoms with E-state index in [2.05, 4.69) is 30.4 Å². The third-order valence-corrected chi connectivity index (χ3v) is 9.98. The molecule has 0 aliphatic heterocycles. The summed E-state index contributed by atoms with van der Waals surface area (Å²) in [6.45, 7) is 12.2. The lowest BCUT2D eigenvalue weighted by molar-refractivity contribution is 0.0600. The number of nitrogens with one attached hydrogen (secondary N) is 1. The first-order valence-electron chi connectivity index (χ1n) is 11.9. The summed E-state index contributed by atoms with van der Waals surface area (Å²) in [4.78, 5) is 12.6. The molecule has 3 aromatic carbocycles. The highest BCUT2D eigenvalue weighted by atomic mass is 32.2. The van der Waals surface area contributed by atoms with Crippen LogP contribution in [-0.2, 0) is 14.8 Å².